The normalized spacial score (nSPS) is 23.3. The number of nitrogen functional groups attached to an aromatic ring is 1. The van der Waals surface area contributed by atoms with E-state index in [2.05, 4.69) is 22.1 Å². The Hall–Kier alpha value is -1.84. The summed E-state index contributed by atoms with van der Waals surface area (Å²) in [4.78, 5) is 4.34. The second-order valence-electron chi connectivity index (χ2n) is 4.43. The predicted molar refractivity (Wildman–Crippen MR) is 62.8 cm³/mol. The van der Waals surface area contributed by atoms with Gasteiger partial charge >= 0.3 is 0 Å². The van der Waals surface area contributed by atoms with Crippen LogP contribution in [0.1, 0.15) is 25.0 Å². The van der Waals surface area contributed by atoms with Crippen LogP contribution in [0.25, 0.3) is 11.3 Å². The molecular formula is C12H14N4. The number of hydrogen-bond acceptors (Lipinski definition) is 3. The second-order valence-corrected chi connectivity index (χ2v) is 4.43. The van der Waals surface area contributed by atoms with E-state index < -0.39 is 0 Å². The van der Waals surface area contributed by atoms with Crippen LogP contribution < -0.4 is 5.73 Å². The van der Waals surface area contributed by atoms with Gasteiger partial charge in [0.2, 0.25) is 0 Å². The Kier molecular flexibility index (Phi) is 1.96. The van der Waals surface area contributed by atoms with Crippen LogP contribution in [0.3, 0.4) is 0 Å². The van der Waals surface area contributed by atoms with E-state index in [4.69, 9.17) is 5.73 Å². The topological polar surface area (TPSA) is 67.6 Å². The van der Waals surface area contributed by atoms with Gasteiger partial charge in [-0.25, -0.2) is 0 Å². The minimum Gasteiger partial charge on any atom is -0.382 e. The lowest BCUT2D eigenvalue weighted by Gasteiger charge is -2.02. The van der Waals surface area contributed by atoms with E-state index >= 15 is 0 Å². The number of anilines is 1. The molecule has 2 atom stereocenters. The monoisotopic (exact) mass is 214 g/mol. The summed E-state index contributed by atoms with van der Waals surface area (Å²) in [6.45, 7) is 2.24. The summed E-state index contributed by atoms with van der Waals surface area (Å²) in [6, 6.07) is 5.84. The molecule has 1 fully saturated rings. The van der Waals surface area contributed by atoms with Crippen LogP contribution in [-0.4, -0.2) is 15.2 Å². The molecule has 0 saturated heterocycles. The molecule has 4 heteroatoms. The molecule has 0 amide bonds. The first kappa shape index (κ1) is 9.39. The third kappa shape index (κ3) is 1.38. The average molecular weight is 214 g/mol. The van der Waals surface area contributed by atoms with E-state index in [1.54, 1.807) is 6.20 Å². The van der Waals surface area contributed by atoms with Crippen LogP contribution >= 0.6 is 0 Å². The van der Waals surface area contributed by atoms with Gasteiger partial charge in [0.25, 0.3) is 0 Å². The molecule has 3 N–H and O–H groups in total. The lowest BCUT2D eigenvalue weighted by molar-refractivity contribution is 0.873. The van der Waals surface area contributed by atoms with Crippen molar-refractivity contribution in [3.8, 4) is 11.3 Å². The lowest BCUT2D eigenvalue weighted by atomic mass is 10.1. The fourth-order valence-corrected chi connectivity index (χ4v) is 2.14. The maximum atomic E-state index is 5.90. The van der Waals surface area contributed by atoms with E-state index in [0.717, 1.165) is 22.9 Å². The molecule has 0 aromatic carbocycles. The van der Waals surface area contributed by atoms with Crippen molar-refractivity contribution >= 4 is 5.82 Å². The smallest absolute Gasteiger partial charge is 0.154 e. The number of nitrogens with two attached hydrogens (primary N) is 1. The minimum atomic E-state index is 0.549. The fraction of sp³-hybridized carbons (Fsp3) is 0.333. The summed E-state index contributed by atoms with van der Waals surface area (Å²) >= 11 is 0. The van der Waals surface area contributed by atoms with Crippen molar-refractivity contribution in [2.24, 2.45) is 5.92 Å². The first-order chi connectivity index (χ1) is 7.77. The number of nitrogens with zero attached hydrogens (tertiary/aromatic N) is 2. The fourth-order valence-electron chi connectivity index (χ4n) is 2.14. The standard InChI is InChI=1S/C12H14N4/c1-7-6-8(7)11-10(12(13)16-15-11)9-4-2-3-5-14-9/h2-5,7-8H,6H2,1H3,(H3,13,15,16). The van der Waals surface area contributed by atoms with Crippen LogP contribution in [0.2, 0.25) is 0 Å². The molecule has 1 aliphatic carbocycles. The van der Waals surface area contributed by atoms with Crippen LogP contribution in [-0.2, 0) is 0 Å². The Morgan fingerprint density at radius 2 is 2.25 bits per heavy atom. The molecular weight excluding hydrogens is 200 g/mol. The second kappa shape index (κ2) is 3.33. The largest absolute Gasteiger partial charge is 0.382 e. The van der Waals surface area contributed by atoms with Crippen molar-refractivity contribution < 1.29 is 0 Å². The van der Waals surface area contributed by atoms with Crippen LogP contribution in [0.4, 0.5) is 5.82 Å². The molecule has 1 aliphatic rings. The summed E-state index contributed by atoms with van der Waals surface area (Å²) in [5.41, 5.74) is 8.93. The first-order valence-electron chi connectivity index (χ1n) is 5.52. The van der Waals surface area contributed by atoms with Gasteiger partial charge in [0.1, 0.15) is 0 Å². The Labute approximate surface area is 93.9 Å². The van der Waals surface area contributed by atoms with Crippen LogP contribution in [0.5, 0.6) is 0 Å². The highest BCUT2D eigenvalue weighted by atomic mass is 15.2. The zero-order valence-electron chi connectivity index (χ0n) is 9.14. The van der Waals surface area contributed by atoms with E-state index in [-0.39, 0.29) is 0 Å². The highest BCUT2D eigenvalue weighted by Gasteiger charge is 2.38. The number of pyridine rings is 1. The quantitative estimate of drug-likeness (QED) is 0.805. The van der Waals surface area contributed by atoms with Crippen molar-refractivity contribution in [1.82, 2.24) is 15.2 Å². The molecule has 16 heavy (non-hydrogen) atoms. The van der Waals surface area contributed by atoms with E-state index in [0.29, 0.717) is 11.7 Å². The van der Waals surface area contributed by atoms with Gasteiger partial charge in [-0.3, -0.25) is 10.1 Å². The van der Waals surface area contributed by atoms with Crippen molar-refractivity contribution in [2.75, 3.05) is 5.73 Å². The molecule has 2 heterocycles. The van der Waals surface area contributed by atoms with E-state index in [9.17, 15) is 0 Å². The predicted octanol–water partition coefficient (Wildman–Crippen LogP) is 2.18. The zero-order valence-corrected chi connectivity index (χ0v) is 9.14. The van der Waals surface area contributed by atoms with Gasteiger partial charge in [0.15, 0.2) is 5.82 Å². The molecule has 3 rings (SSSR count). The summed E-state index contributed by atoms with van der Waals surface area (Å²) < 4.78 is 0. The van der Waals surface area contributed by atoms with Crippen molar-refractivity contribution in [1.29, 1.82) is 0 Å². The number of nitrogens with one attached hydrogen (secondary N) is 1. The van der Waals surface area contributed by atoms with E-state index in [1.165, 1.54) is 6.42 Å². The number of H-pyrrole nitrogens is 1. The third-order valence-electron chi connectivity index (χ3n) is 3.22. The molecule has 0 radical (unpaired) electrons. The first-order valence-corrected chi connectivity index (χ1v) is 5.52. The van der Waals surface area contributed by atoms with Gasteiger partial charge in [0.05, 0.1) is 17.0 Å². The molecule has 0 spiro atoms. The average Bonchev–Trinajstić information content (AvgIpc) is 2.89. The molecule has 0 aliphatic heterocycles. The minimum absolute atomic E-state index is 0.549. The Bertz CT molecular complexity index is 503. The van der Waals surface area contributed by atoms with Crippen molar-refractivity contribution in [3.63, 3.8) is 0 Å². The molecule has 1 saturated carbocycles. The van der Waals surface area contributed by atoms with Gasteiger partial charge in [-0.05, 0) is 24.5 Å². The van der Waals surface area contributed by atoms with Gasteiger partial charge in [-0.1, -0.05) is 13.0 Å². The lowest BCUT2D eigenvalue weighted by Crippen LogP contribution is -1.92. The van der Waals surface area contributed by atoms with E-state index in [1.807, 2.05) is 18.2 Å². The van der Waals surface area contributed by atoms with Crippen molar-refractivity contribution in [3.05, 3.63) is 30.1 Å². The van der Waals surface area contributed by atoms with Crippen molar-refractivity contribution in [2.45, 2.75) is 19.3 Å². The van der Waals surface area contributed by atoms with Gasteiger partial charge in [0, 0.05) is 12.1 Å². The Morgan fingerprint density at radius 3 is 2.88 bits per heavy atom. The zero-order chi connectivity index (χ0) is 11.1. The SMILES string of the molecule is CC1CC1c1[nH]nc(N)c1-c1ccccn1. The molecule has 82 valence electrons. The highest BCUT2D eigenvalue weighted by molar-refractivity contribution is 5.74. The molecule has 2 aromatic heterocycles. The third-order valence-corrected chi connectivity index (χ3v) is 3.22. The van der Waals surface area contributed by atoms with Crippen LogP contribution in [0.15, 0.2) is 24.4 Å². The molecule has 0 bridgehead atoms. The Balaban J connectivity index is 2.09. The molecule has 2 aromatic rings. The summed E-state index contributed by atoms with van der Waals surface area (Å²) in [6.07, 6.45) is 2.99. The number of aromatic amines is 1. The Morgan fingerprint density at radius 1 is 1.44 bits per heavy atom. The summed E-state index contributed by atoms with van der Waals surface area (Å²) in [5.74, 6) is 1.84. The highest BCUT2D eigenvalue weighted by Crippen LogP contribution is 2.49. The van der Waals surface area contributed by atoms with Gasteiger partial charge in [-0.15, -0.1) is 0 Å². The summed E-state index contributed by atoms with van der Waals surface area (Å²) in [7, 11) is 0. The molecule has 4 nitrogen and oxygen atoms in total. The molecule has 2 unspecified atom stereocenters. The maximum absolute atomic E-state index is 5.90. The van der Waals surface area contributed by atoms with Gasteiger partial charge < -0.3 is 5.73 Å². The van der Waals surface area contributed by atoms with Gasteiger partial charge in [-0.2, -0.15) is 5.10 Å². The number of rotatable bonds is 2. The number of hydrogen-bond donors (Lipinski definition) is 2. The summed E-state index contributed by atoms with van der Waals surface area (Å²) in [5, 5.41) is 7.15. The van der Waals surface area contributed by atoms with Crippen LogP contribution in [0, 0.1) is 5.92 Å². The number of aromatic nitrogens is 3. The maximum Gasteiger partial charge on any atom is 0.154 e.